The van der Waals surface area contributed by atoms with Gasteiger partial charge in [-0.2, -0.15) is 0 Å². The molecule has 0 saturated carbocycles. The Morgan fingerprint density at radius 2 is 1.72 bits per heavy atom. The predicted molar refractivity (Wildman–Crippen MR) is 82.2 cm³/mol. The Kier molecular flexibility index (Phi) is 5.32. The summed E-state index contributed by atoms with van der Waals surface area (Å²) in [5.74, 6) is 0.661. The van der Waals surface area contributed by atoms with Crippen molar-refractivity contribution in [1.82, 2.24) is 0 Å². The summed E-state index contributed by atoms with van der Waals surface area (Å²) in [6.07, 6.45) is 1.11. The first-order valence-electron chi connectivity index (χ1n) is 6.73. The van der Waals surface area contributed by atoms with Crippen LogP contribution in [0.4, 0.5) is 11.4 Å². The van der Waals surface area contributed by atoms with Gasteiger partial charge >= 0.3 is 0 Å². The minimum Gasteiger partial charge on any atom is -0.372 e. The number of nitrogens with zero attached hydrogens (tertiary/aromatic N) is 2. The fourth-order valence-electron chi connectivity index (χ4n) is 2.12. The highest BCUT2D eigenvalue weighted by molar-refractivity contribution is 7.71. The van der Waals surface area contributed by atoms with Gasteiger partial charge in [-0.05, 0) is 26.2 Å². The first kappa shape index (κ1) is 15.2. The van der Waals surface area contributed by atoms with E-state index >= 15 is 0 Å². The van der Waals surface area contributed by atoms with Crippen LogP contribution in [0.2, 0.25) is 0 Å². The van der Waals surface area contributed by atoms with Crippen LogP contribution in [-0.4, -0.2) is 26.7 Å². The second-order valence-electron chi connectivity index (χ2n) is 5.13. The van der Waals surface area contributed by atoms with Gasteiger partial charge in [-0.1, -0.05) is 26.1 Å². The SMILES string of the molecule is CCN(CC)c1c(N(C)CCC(C)C)c(=S)c1=O. The molecule has 102 valence electrons. The molecule has 1 aromatic carbocycles. The molecule has 0 spiro atoms. The van der Waals surface area contributed by atoms with Crippen LogP contribution in [0.3, 0.4) is 0 Å². The lowest BCUT2D eigenvalue weighted by Crippen LogP contribution is -2.36. The van der Waals surface area contributed by atoms with Gasteiger partial charge in [-0.3, -0.25) is 4.79 Å². The van der Waals surface area contributed by atoms with Gasteiger partial charge in [-0.25, -0.2) is 0 Å². The molecule has 0 aliphatic carbocycles. The molecule has 3 nitrogen and oxygen atoms in total. The van der Waals surface area contributed by atoms with Crippen molar-refractivity contribution in [2.75, 3.05) is 36.5 Å². The monoisotopic (exact) mass is 268 g/mol. The Hall–Kier alpha value is -0.900. The number of rotatable bonds is 7. The summed E-state index contributed by atoms with van der Waals surface area (Å²) in [6.45, 7) is 11.2. The van der Waals surface area contributed by atoms with Crippen molar-refractivity contribution >= 4 is 23.6 Å². The third kappa shape index (κ3) is 2.91. The van der Waals surface area contributed by atoms with Crippen molar-refractivity contribution < 1.29 is 0 Å². The fourth-order valence-corrected chi connectivity index (χ4v) is 2.47. The van der Waals surface area contributed by atoms with Crippen LogP contribution in [0.5, 0.6) is 0 Å². The molecule has 0 aliphatic rings. The van der Waals surface area contributed by atoms with Crippen LogP contribution in [0.25, 0.3) is 0 Å². The number of hydrogen-bond acceptors (Lipinski definition) is 4. The third-order valence-electron chi connectivity index (χ3n) is 3.36. The minimum absolute atomic E-state index is 0.0418. The maximum Gasteiger partial charge on any atom is 0.224 e. The molecule has 0 amide bonds. The number of anilines is 2. The van der Waals surface area contributed by atoms with Crippen LogP contribution >= 0.6 is 12.2 Å². The van der Waals surface area contributed by atoms with Crippen molar-refractivity contribution in [1.29, 1.82) is 0 Å². The second kappa shape index (κ2) is 6.32. The molecule has 18 heavy (non-hydrogen) atoms. The van der Waals surface area contributed by atoms with Crippen molar-refractivity contribution in [3.63, 3.8) is 0 Å². The van der Waals surface area contributed by atoms with Crippen LogP contribution < -0.4 is 15.2 Å². The molecule has 1 rings (SSSR count). The first-order valence-corrected chi connectivity index (χ1v) is 7.14. The van der Waals surface area contributed by atoms with Gasteiger partial charge in [0.05, 0.1) is 5.69 Å². The predicted octanol–water partition coefficient (Wildman–Crippen LogP) is 2.98. The zero-order chi connectivity index (χ0) is 13.9. The van der Waals surface area contributed by atoms with E-state index in [4.69, 9.17) is 12.2 Å². The smallest absolute Gasteiger partial charge is 0.224 e. The Balaban J connectivity index is 2.92. The van der Waals surface area contributed by atoms with E-state index in [9.17, 15) is 4.79 Å². The topological polar surface area (TPSA) is 23.6 Å². The first-order chi connectivity index (χ1) is 8.43. The minimum atomic E-state index is 0.0418. The molecule has 0 unspecified atom stereocenters. The molecule has 0 atom stereocenters. The number of hydrogen-bond donors (Lipinski definition) is 0. The van der Waals surface area contributed by atoms with Gasteiger partial charge in [0, 0.05) is 26.7 Å². The highest BCUT2D eigenvalue weighted by Gasteiger charge is 2.24. The van der Waals surface area contributed by atoms with E-state index in [0.717, 1.165) is 37.4 Å². The largest absolute Gasteiger partial charge is 0.372 e. The standard InChI is InChI=1S/C14H24N2OS/c1-6-16(7-2)11-12(14(18)13(11)17)15(5)9-8-10(3)4/h10H,6-9H2,1-5H3. The summed E-state index contributed by atoms with van der Waals surface area (Å²) >= 11 is 5.20. The maximum absolute atomic E-state index is 11.9. The zero-order valence-electron chi connectivity index (χ0n) is 12.1. The van der Waals surface area contributed by atoms with Crippen molar-refractivity contribution in [3.05, 3.63) is 14.7 Å². The molecule has 4 heteroatoms. The summed E-state index contributed by atoms with van der Waals surface area (Å²) in [5.41, 5.74) is 1.83. The zero-order valence-corrected chi connectivity index (χ0v) is 12.9. The van der Waals surface area contributed by atoms with E-state index in [1.54, 1.807) is 0 Å². The molecule has 0 N–H and O–H groups in total. The Morgan fingerprint density at radius 3 is 2.17 bits per heavy atom. The average molecular weight is 268 g/mol. The summed E-state index contributed by atoms with van der Waals surface area (Å²) < 4.78 is 0.503. The Bertz CT molecular complexity index is 456. The third-order valence-corrected chi connectivity index (χ3v) is 3.74. The Morgan fingerprint density at radius 1 is 1.17 bits per heavy atom. The average Bonchev–Trinajstić information content (AvgIpc) is 2.35. The molecular weight excluding hydrogens is 244 g/mol. The van der Waals surface area contributed by atoms with Crippen LogP contribution in [0, 0.1) is 10.4 Å². The van der Waals surface area contributed by atoms with Gasteiger partial charge in [-0.15, -0.1) is 0 Å². The lowest BCUT2D eigenvalue weighted by Gasteiger charge is -2.31. The van der Waals surface area contributed by atoms with Crippen molar-refractivity contribution in [2.24, 2.45) is 5.92 Å². The van der Waals surface area contributed by atoms with E-state index in [0.29, 0.717) is 10.4 Å². The van der Waals surface area contributed by atoms with Gasteiger partial charge < -0.3 is 9.80 Å². The molecule has 0 bridgehead atoms. The maximum atomic E-state index is 11.9. The summed E-state index contributed by atoms with van der Waals surface area (Å²) in [4.78, 5) is 16.1. The molecule has 0 saturated heterocycles. The summed E-state index contributed by atoms with van der Waals surface area (Å²) in [5, 5.41) is 0. The van der Waals surface area contributed by atoms with Crippen molar-refractivity contribution in [3.8, 4) is 0 Å². The molecule has 0 heterocycles. The van der Waals surface area contributed by atoms with Crippen LogP contribution in [0.1, 0.15) is 34.1 Å². The van der Waals surface area contributed by atoms with Gasteiger partial charge in [0.2, 0.25) is 5.43 Å². The molecule has 0 radical (unpaired) electrons. The van der Waals surface area contributed by atoms with E-state index in [-0.39, 0.29) is 5.43 Å². The van der Waals surface area contributed by atoms with Crippen molar-refractivity contribution in [2.45, 2.75) is 34.1 Å². The van der Waals surface area contributed by atoms with Gasteiger partial charge in [0.1, 0.15) is 10.2 Å². The molecule has 0 fully saturated rings. The van der Waals surface area contributed by atoms with E-state index < -0.39 is 0 Å². The Labute approximate surface area is 115 Å². The second-order valence-corrected chi connectivity index (χ2v) is 5.54. The van der Waals surface area contributed by atoms with E-state index in [1.807, 2.05) is 7.05 Å². The van der Waals surface area contributed by atoms with Gasteiger partial charge in [0.15, 0.2) is 0 Å². The molecule has 1 aromatic rings. The van der Waals surface area contributed by atoms with Crippen LogP contribution in [0.15, 0.2) is 4.79 Å². The summed E-state index contributed by atoms with van der Waals surface area (Å²) in [7, 11) is 2.03. The highest BCUT2D eigenvalue weighted by atomic mass is 32.1. The van der Waals surface area contributed by atoms with E-state index in [1.165, 1.54) is 0 Å². The van der Waals surface area contributed by atoms with E-state index in [2.05, 4.69) is 37.5 Å². The highest BCUT2D eigenvalue weighted by Crippen LogP contribution is 2.30. The normalized spacial score (nSPS) is 11.2. The van der Waals surface area contributed by atoms with Gasteiger partial charge in [0.25, 0.3) is 0 Å². The lowest BCUT2D eigenvalue weighted by atomic mass is 10.1. The fraction of sp³-hybridized carbons (Fsp3) is 0.714. The molecule has 0 aliphatic heterocycles. The van der Waals surface area contributed by atoms with Crippen LogP contribution in [-0.2, 0) is 0 Å². The quantitative estimate of drug-likeness (QED) is 0.709. The summed E-state index contributed by atoms with van der Waals surface area (Å²) in [6, 6.07) is 0. The lowest BCUT2D eigenvalue weighted by molar-refractivity contribution is 0.584. The molecular formula is C14H24N2OS. The molecule has 0 aromatic heterocycles.